The molecule has 2 aromatic carbocycles. The second kappa shape index (κ2) is 9.32. The predicted octanol–water partition coefficient (Wildman–Crippen LogP) is 3.77. The number of hydrogen-bond acceptors (Lipinski definition) is 4. The SMILES string of the molecule is COc1ccc(Cl)cc1S(=O)(=O)N1CCC(C(=O)N[C@@H](C)c2ccc(F)cc2)CC1. The topological polar surface area (TPSA) is 75.7 Å². The lowest BCUT2D eigenvalue weighted by Gasteiger charge is -2.31. The quantitative estimate of drug-likeness (QED) is 0.721. The van der Waals surface area contributed by atoms with Gasteiger partial charge in [0.2, 0.25) is 15.9 Å². The summed E-state index contributed by atoms with van der Waals surface area (Å²) < 4.78 is 45.7. The number of benzene rings is 2. The van der Waals surface area contributed by atoms with Crippen LogP contribution in [0.15, 0.2) is 47.4 Å². The lowest BCUT2D eigenvalue weighted by atomic mass is 9.96. The average molecular weight is 455 g/mol. The number of ether oxygens (including phenoxy) is 1. The third-order valence-corrected chi connectivity index (χ3v) is 7.45. The molecule has 30 heavy (non-hydrogen) atoms. The summed E-state index contributed by atoms with van der Waals surface area (Å²) in [6.45, 7) is 2.28. The van der Waals surface area contributed by atoms with Crippen LogP contribution in [0.2, 0.25) is 5.02 Å². The van der Waals surface area contributed by atoms with Gasteiger partial charge in [-0.2, -0.15) is 4.31 Å². The number of halogens is 2. The highest BCUT2D eigenvalue weighted by Gasteiger charge is 2.34. The maximum Gasteiger partial charge on any atom is 0.246 e. The van der Waals surface area contributed by atoms with E-state index >= 15 is 0 Å². The van der Waals surface area contributed by atoms with Gasteiger partial charge in [-0.1, -0.05) is 23.7 Å². The van der Waals surface area contributed by atoms with E-state index in [0.29, 0.717) is 17.9 Å². The number of methoxy groups -OCH3 is 1. The molecule has 0 aliphatic carbocycles. The summed E-state index contributed by atoms with van der Waals surface area (Å²) in [5, 5.41) is 3.23. The van der Waals surface area contributed by atoms with Crippen LogP contribution in [-0.4, -0.2) is 38.8 Å². The van der Waals surface area contributed by atoms with Gasteiger partial charge in [0.15, 0.2) is 0 Å². The second-order valence-corrected chi connectivity index (χ2v) is 9.60. The largest absolute Gasteiger partial charge is 0.495 e. The fourth-order valence-corrected chi connectivity index (χ4v) is 5.40. The average Bonchev–Trinajstić information content (AvgIpc) is 2.74. The molecule has 9 heteroatoms. The molecule has 0 unspecified atom stereocenters. The molecule has 1 fully saturated rings. The minimum atomic E-state index is -3.79. The summed E-state index contributed by atoms with van der Waals surface area (Å²) >= 11 is 5.98. The Labute approximate surface area is 181 Å². The zero-order valence-electron chi connectivity index (χ0n) is 16.8. The van der Waals surface area contributed by atoms with Gasteiger partial charge in [0.1, 0.15) is 16.5 Å². The van der Waals surface area contributed by atoms with Gasteiger partial charge in [-0.3, -0.25) is 4.79 Å². The number of amides is 1. The Morgan fingerprint density at radius 1 is 1.20 bits per heavy atom. The van der Waals surface area contributed by atoms with E-state index in [1.807, 2.05) is 6.92 Å². The number of hydrogen-bond donors (Lipinski definition) is 1. The first kappa shape index (κ1) is 22.5. The van der Waals surface area contributed by atoms with Gasteiger partial charge in [0.05, 0.1) is 13.2 Å². The molecule has 0 spiro atoms. The van der Waals surface area contributed by atoms with Gasteiger partial charge in [0, 0.05) is 24.0 Å². The molecule has 1 amide bonds. The highest BCUT2D eigenvalue weighted by Crippen LogP contribution is 2.32. The number of sulfonamides is 1. The molecule has 1 aliphatic rings. The van der Waals surface area contributed by atoms with Crippen molar-refractivity contribution in [1.29, 1.82) is 0 Å². The van der Waals surface area contributed by atoms with E-state index in [9.17, 15) is 17.6 Å². The van der Waals surface area contributed by atoms with Crippen molar-refractivity contribution in [3.8, 4) is 5.75 Å². The van der Waals surface area contributed by atoms with E-state index in [0.717, 1.165) is 5.56 Å². The number of nitrogens with one attached hydrogen (secondary N) is 1. The van der Waals surface area contributed by atoms with Crippen molar-refractivity contribution in [2.24, 2.45) is 5.92 Å². The zero-order chi connectivity index (χ0) is 21.9. The fraction of sp³-hybridized carbons (Fsp3) is 0.381. The Morgan fingerprint density at radius 3 is 2.43 bits per heavy atom. The van der Waals surface area contributed by atoms with E-state index in [1.54, 1.807) is 18.2 Å². The molecule has 6 nitrogen and oxygen atoms in total. The van der Waals surface area contributed by atoms with Gasteiger partial charge < -0.3 is 10.1 Å². The standard InChI is InChI=1S/C21H24ClFN2O4S/c1-14(15-3-6-18(23)7-4-15)24-21(26)16-9-11-25(12-10-16)30(27,28)20-13-17(22)5-8-19(20)29-2/h3-8,13-14,16H,9-12H2,1-2H3,(H,24,26)/t14-/m0/s1. The molecule has 1 heterocycles. The van der Waals surface area contributed by atoms with E-state index in [2.05, 4.69) is 5.32 Å². The molecular weight excluding hydrogens is 431 g/mol. The van der Waals surface area contributed by atoms with Crippen LogP contribution >= 0.6 is 11.6 Å². The van der Waals surface area contributed by atoms with E-state index < -0.39 is 10.0 Å². The molecule has 0 bridgehead atoms. The van der Waals surface area contributed by atoms with Crippen molar-refractivity contribution in [3.63, 3.8) is 0 Å². The number of carbonyl (C=O) groups is 1. The van der Waals surface area contributed by atoms with Crippen LogP contribution in [0, 0.1) is 11.7 Å². The van der Waals surface area contributed by atoms with Gasteiger partial charge in [-0.25, -0.2) is 12.8 Å². The summed E-state index contributed by atoms with van der Waals surface area (Å²) in [5.74, 6) is -0.528. The number of carbonyl (C=O) groups excluding carboxylic acids is 1. The monoisotopic (exact) mass is 454 g/mol. The second-order valence-electron chi connectivity index (χ2n) is 7.26. The minimum Gasteiger partial charge on any atom is -0.495 e. The Balaban J connectivity index is 1.63. The number of rotatable bonds is 6. The lowest BCUT2D eigenvalue weighted by Crippen LogP contribution is -2.43. The summed E-state index contributed by atoms with van der Waals surface area (Å²) in [6.07, 6.45) is 0.814. The van der Waals surface area contributed by atoms with Crippen LogP contribution in [0.1, 0.15) is 31.4 Å². The lowest BCUT2D eigenvalue weighted by molar-refractivity contribution is -0.126. The highest BCUT2D eigenvalue weighted by atomic mass is 35.5. The molecule has 3 rings (SSSR count). The predicted molar refractivity (Wildman–Crippen MR) is 112 cm³/mol. The molecule has 1 atom stereocenters. The summed E-state index contributed by atoms with van der Waals surface area (Å²) in [7, 11) is -2.39. The molecular formula is C21H24ClFN2O4S. The van der Waals surface area contributed by atoms with Crippen molar-refractivity contribution in [2.75, 3.05) is 20.2 Å². The maximum atomic E-state index is 13.1. The van der Waals surface area contributed by atoms with Crippen LogP contribution in [0.3, 0.4) is 0 Å². The Kier molecular flexibility index (Phi) is 7.00. The van der Waals surface area contributed by atoms with Crippen LogP contribution < -0.4 is 10.1 Å². The van der Waals surface area contributed by atoms with Crippen LogP contribution in [0.25, 0.3) is 0 Å². The first-order valence-corrected chi connectivity index (χ1v) is 11.4. The molecule has 162 valence electrons. The fourth-order valence-electron chi connectivity index (χ4n) is 3.52. The Morgan fingerprint density at radius 2 is 1.83 bits per heavy atom. The van der Waals surface area contributed by atoms with Crippen LogP contribution in [0.4, 0.5) is 4.39 Å². The molecule has 0 saturated carbocycles. The summed E-state index contributed by atoms with van der Waals surface area (Å²) in [5.41, 5.74) is 0.804. The van der Waals surface area contributed by atoms with Gasteiger partial charge in [-0.05, 0) is 55.7 Å². The first-order chi connectivity index (χ1) is 14.2. The zero-order valence-corrected chi connectivity index (χ0v) is 18.3. The minimum absolute atomic E-state index is 0.0188. The van der Waals surface area contributed by atoms with E-state index in [1.165, 1.54) is 35.7 Å². The molecule has 1 N–H and O–H groups in total. The number of piperidine rings is 1. The van der Waals surface area contributed by atoms with Gasteiger partial charge >= 0.3 is 0 Å². The molecule has 0 aromatic heterocycles. The Bertz CT molecular complexity index is 1010. The third kappa shape index (κ3) is 4.94. The van der Waals surface area contributed by atoms with Crippen molar-refractivity contribution in [3.05, 3.63) is 58.9 Å². The first-order valence-electron chi connectivity index (χ1n) is 9.62. The van der Waals surface area contributed by atoms with Gasteiger partial charge in [0.25, 0.3) is 0 Å². The normalized spacial score (nSPS) is 16.8. The number of nitrogens with zero attached hydrogens (tertiary/aromatic N) is 1. The van der Waals surface area contributed by atoms with Crippen LogP contribution in [-0.2, 0) is 14.8 Å². The van der Waals surface area contributed by atoms with Crippen molar-refractivity contribution in [2.45, 2.75) is 30.7 Å². The smallest absolute Gasteiger partial charge is 0.246 e. The third-order valence-electron chi connectivity index (χ3n) is 5.30. The molecule has 1 aliphatic heterocycles. The Hall–Kier alpha value is -2.16. The summed E-state index contributed by atoms with van der Waals surface area (Å²) in [6, 6.07) is 10.2. The highest BCUT2D eigenvalue weighted by molar-refractivity contribution is 7.89. The maximum absolute atomic E-state index is 13.1. The van der Waals surface area contributed by atoms with Crippen LogP contribution in [0.5, 0.6) is 5.75 Å². The van der Waals surface area contributed by atoms with Gasteiger partial charge in [-0.15, -0.1) is 0 Å². The van der Waals surface area contributed by atoms with Crippen molar-refractivity contribution >= 4 is 27.5 Å². The summed E-state index contributed by atoms with van der Waals surface area (Å²) in [4.78, 5) is 12.6. The molecule has 0 radical (unpaired) electrons. The van der Waals surface area contributed by atoms with E-state index in [4.69, 9.17) is 16.3 Å². The molecule has 1 saturated heterocycles. The molecule has 2 aromatic rings. The van der Waals surface area contributed by atoms with Crippen molar-refractivity contribution in [1.82, 2.24) is 9.62 Å². The van der Waals surface area contributed by atoms with E-state index in [-0.39, 0.29) is 47.4 Å². The van der Waals surface area contributed by atoms with Crippen molar-refractivity contribution < 1.29 is 22.3 Å².